The minimum absolute atomic E-state index is 1.22. The van der Waals surface area contributed by atoms with Gasteiger partial charge in [0.05, 0.1) is 26.2 Å². The van der Waals surface area contributed by atoms with E-state index in [1.165, 1.54) is 309 Å². The monoisotopic (exact) mass is 1010 g/mol. The largest absolute Gasteiger partial charge is 0.324 e. The van der Waals surface area contributed by atoms with E-state index in [1.54, 1.807) is 0 Å². The second-order valence-corrected chi connectivity index (χ2v) is 23.5. The maximum absolute atomic E-state index is 2.34. The van der Waals surface area contributed by atoms with Gasteiger partial charge in [0.15, 0.2) is 0 Å². The van der Waals surface area contributed by atoms with Crippen molar-refractivity contribution >= 4 is 28.0 Å². The normalized spacial score (nSPS) is 11.7. The standard InChI is InChI=1S/C48H100N.C24H20B/c1-5-9-13-17-21-25-29-33-37-41-45-49(46-42-38-34-30-26-22-18-14-10-6-2,47-43-39-35-31-27-23-19-15-11-7-3)48-44-40-36-32-28-24-20-16-12-8-4;1-5-13-21(14-6-1)25(22-15-7-2-8-16-22,23-17-9-3-10-18-23)24-19-11-4-12-20-24/h5-48H2,1-4H3;1-20H/q+1;-1. The van der Waals surface area contributed by atoms with E-state index in [-0.39, 0.29) is 0 Å². The van der Waals surface area contributed by atoms with Crippen molar-refractivity contribution in [2.45, 2.75) is 285 Å². The fourth-order valence-corrected chi connectivity index (χ4v) is 12.5. The number of rotatable bonds is 48. The van der Waals surface area contributed by atoms with Crippen molar-refractivity contribution in [2.24, 2.45) is 0 Å². The van der Waals surface area contributed by atoms with Gasteiger partial charge in [-0.05, 0) is 51.4 Å². The summed E-state index contributed by atoms with van der Waals surface area (Å²) >= 11 is 0. The van der Waals surface area contributed by atoms with E-state index < -0.39 is 6.15 Å². The molecule has 4 aromatic carbocycles. The Morgan fingerprint density at radius 2 is 0.351 bits per heavy atom. The van der Waals surface area contributed by atoms with Crippen LogP contribution in [0.2, 0.25) is 0 Å². The lowest BCUT2D eigenvalue weighted by Gasteiger charge is -2.44. The van der Waals surface area contributed by atoms with Crippen molar-refractivity contribution in [2.75, 3.05) is 26.2 Å². The first-order chi connectivity index (χ1) is 36.7. The molecule has 0 atom stereocenters. The van der Waals surface area contributed by atoms with Gasteiger partial charge in [0.2, 0.25) is 0 Å². The van der Waals surface area contributed by atoms with Crippen molar-refractivity contribution in [3.8, 4) is 0 Å². The van der Waals surface area contributed by atoms with Gasteiger partial charge >= 0.3 is 0 Å². The Bertz CT molecular complexity index is 1470. The van der Waals surface area contributed by atoms with Crippen molar-refractivity contribution in [3.05, 3.63) is 121 Å². The van der Waals surface area contributed by atoms with E-state index in [9.17, 15) is 0 Å². The molecular weight excluding hydrogens is 890 g/mol. The minimum Gasteiger partial charge on any atom is -0.324 e. The molecule has 0 N–H and O–H groups in total. The van der Waals surface area contributed by atoms with Gasteiger partial charge in [0.1, 0.15) is 6.15 Å². The van der Waals surface area contributed by atoms with Crippen molar-refractivity contribution in [1.29, 1.82) is 0 Å². The van der Waals surface area contributed by atoms with E-state index in [0.29, 0.717) is 0 Å². The average molecular weight is 1010 g/mol. The Kier molecular flexibility index (Phi) is 40.6. The number of quaternary nitrogens is 1. The highest BCUT2D eigenvalue weighted by Crippen LogP contribution is 2.22. The predicted octanol–water partition coefficient (Wildman–Crippen LogP) is 20.6. The lowest BCUT2D eigenvalue weighted by Crippen LogP contribution is -2.74. The summed E-state index contributed by atoms with van der Waals surface area (Å²) in [7, 11) is 0. The van der Waals surface area contributed by atoms with Crippen LogP contribution >= 0.6 is 0 Å². The fraction of sp³-hybridized carbons (Fsp3) is 0.667. The molecule has 0 aliphatic heterocycles. The Labute approximate surface area is 462 Å². The van der Waals surface area contributed by atoms with Crippen LogP contribution < -0.4 is 21.9 Å². The van der Waals surface area contributed by atoms with Crippen LogP contribution in [0, 0.1) is 0 Å². The zero-order valence-electron chi connectivity index (χ0n) is 49.7. The molecule has 1 nitrogen and oxygen atoms in total. The summed E-state index contributed by atoms with van der Waals surface area (Å²) in [5, 5.41) is 0. The molecule has 0 spiro atoms. The van der Waals surface area contributed by atoms with Gasteiger partial charge in [-0.1, -0.05) is 354 Å². The zero-order chi connectivity index (χ0) is 52.6. The smallest absolute Gasteiger partial charge is 0.108 e. The maximum Gasteiger partial charge on any atom is 0.108 e. The molecule has 0 saturated heterocycles. The van der Waals surface area contributed by atoms with Crippen LogP contribution in [-0.4, -0.2) is 36.8 Å². The topological polar surface area (TPSA) is 0 Å². The molecule has 0 radical (unpaired) electrons. The average Bonchev–Trinajstić information content (AvgIpc) is 3.44. The Hall–Kier alpha value is -3.10. The van der Waals surface area contributed by atoms with E-state index in [2.05, 4.69) is 149 Å². The molecule has 2 heteroatoms. The van der Waals surface area contributed by atoms with Gasteiger partial charge in [-0.15, -0.1) is 0 Å². The number of nitrogens with zero attached hydrogens (tertiary/aromatic N) is 1. The van der Waals surface area contributed by atoms with Crippen LogP contribution in [0.1, 0.15) is 285 Å². The Morgan fingerprint density at radius 1 is 0.203 bits per heavy atom. The number of benzene rings is 4. The molecule has 0 aliphatic carbocycles. The molecule has 0 unspecified atom stereocenters. The quantitative estimate of drug-likeness (QED) is 0.0235. The maximum atomic E-state index is 2.34. The first kappa shape index (κ1) is 65.2. The van der Waals surface area contributed by atoms with Crippen LogP contribution in [0.3, 0.4) is 0 Å². The van der Waals surface area contributed by atoms with E-state index >= 15 is 0 Å². The first-order valence-corrected chi connectivity index (χ1v) is 32.9. The van der Waals surface area contributed by atoms with Gasteiger partial charge in [0.25, 0.3) is 0 Å². The van der Waals surface area contributed by atoms with E-state index in [0.717, 1.165) is 0 Å². The van der Waals surface area contributed by atoms with Gasteiger partial charge in [-0.2, -0.15) is 21.9 Å². The highest BCUT2D eigenvalue weighted by atomic mass is 15.3. The third-order valence-electron chi connectivity index (χ3n) is 17.1. The molecule has 74 heavy (non-hydrogen) atoms. The molecule has 416 valence electrons. The second-order valence-electron chi connectivity index (χ2n) is 23.5. The molecule has 0 saturated carbocycles. The molecule has 0 fully saturated rings. The number of hydrogen-bond acceptors (Lipinski definition) is 0. The molecule has 0 aromatic heterocycles. The van der Waals surface area contributed by atoms with Crippen LogP contribution in [0.15, 0.2) is 121 Å². The third kappa shape index (κ3) is 28.9. The van der Waals surface area contributed by atoms with Crippen LogP contribution in [0.25, 0.3) is 0 Å². The minimum atomic E-state index is -1.22. The lowest BCUT2D eigenvalue weighted by molar-refractivity contribution is -0.929. The summed E-state index contributed by atoms with van der Waals surface area (Å²) in [6, 6.07) is 43.5. The molecule has 0 aliphatic rings. The SMILES string of the molecule is CCCCCCCCCCCC[N+](CCCCCCCCCCCC)(CCCCCCCCCCCC)CCCCCCCCCCCC.c1ccc([B-](c2ccccc2)(c2ccccc2)c2ccccc2)cc1. The van der Waals surface area contributed by atoms with Gasteiger partial charge in [-0.3, -0.25) is 0 Å². The van der Waals surface area contributed by atoms with Crippen molar-refractivity contribution < 1.29 is 4.48 Å². The zero-order valence-corrected chi connectivity index (χ0v) is 49.7. The predicted molar refractivity (Wildman–Crippen MR) is 337 cm³/mol. The van der Waals surface area contributed by atoms with Crippen LogP contribution in [-0.2, 0) is 0 Å². The van der Waals surface area contributed by atoms with Crippen LogP contribution in [0.5, 0.6) is 0 Å². The highest BCUT2D eigenvalue weighted by molar-refractivity contribution is 7.19. The number of hydrogen-bond donors (Lipinski definition) is 0. The first-order valence-electron chi connectivity index (χ1n) is 32.9. The molecule has 4 aromatic rings. The summed E-state index contributed by atoms with van der Waals surface area (Å²) in [6.07, 6.45) is 57.5. The molecule has 0 heterocycles. The molecule has 0 bridgehead atoms. The summed E-state index contributed by atoms with van der Waals surface area (Å²) in [5.41, 5.74) is 5.36. The molecule has 4 rings (SSSR count). The van der Waals surface area contributed by atoms with Crippen molar-refractivity contribution in [1.82, 2.24) is 0 Å². The van der Waals surface area contributed by atoms with Crippen LogP contribution in [0.4, 0.5) is 0 Å². The summed E-state index contributed by atoms with van der Waals surface area (Å²) in [6.45, 7) is 15.3. The molecular formula is C72H120BN. The second kappa shape index (κ2) is 46.0. The number of unbranched alkanes of at least 4 members (excludes halogenated alkanes) is 36. The highest BCUT2D eigenvalue weighted by Gasteiger charge is 2.31. The van der Waals surface area contributed by atoms with Gasteiger partial charge in [0, 0.05) is 0 Å². The Balaban J connectivity index is 0.000000473. The fourth-order valence-electron chi connectivity index (χ4n) is 12.5. The van der Waals surface area contributed by atoms with Crippen molar-refractivity contribution in [3.63, 3.8) is 0 Å². The summed E-state index contributed by atoms with van der Waals surface area (Å²) in [4.78, 5) is 0. The van der Waals surface area contributed by atoms with Gasteiger partial charge < -0.3 is 4.48 Å². The molecule has 0 amide bonds. The lowest BCUT2D eigenvalue weighted by atomic mass is 9.13. The van der Waals surface area contributed by atoms with Gasteiger partial charge in [-0.25, -0.2) is 0 Å². The summed E-state index contributed by atoms with van der Waals surface area (Å²) < 4.78 is 1.49. The Morgan fingerprint density at radius 3 is 0.514 bits per heavy atom. The van der Waals surface area contributed by atoms with E-state index in [4.69, 9.17) is 0 Å². The third-order valence-corrected chi connectivity index (χ3v) is 17.1. The summed E-state index contributed by atoms with van der Waals surface area (Å²) in [5.74, 6) is 0. The van der Waals surface area contributed by atoms with E-state index in [1.807, 2.05) is 0 Å².